The summed E-state index contributed by atoms with van der Waals surface area (Å²) in [5, 5.41) is 9.82. The molecule has 0 saturated carbocycles. The number of nitrogens with one attached hydrogen (secondary N) is 3. The largest absolute Gasteiger partial charge is 0.495 e. The lowest BCUT2D eigenvalue weighted by molar-refractivity contribution is 0.0962. The van der Waals surface area contributed by atoms with Crippen LogP contribution in [0.3, 0.4) is 0 Å². The number of ether oxygens (including phenoxy) is 2. The number of carbonyl (C=O) groups is 1. The van der Waals surface area contributed by atoms with E-state index in [0.29, 0.717) is 53.0 Å². The van der Waals surface area contributed by atoms with Crippen LogP contribution in [0.4, 0.5) is 20.2 Å². The Labute approximate surface area is 230 Å². The number of carbonyl (C=O) groups excluding carboxylic acids is 1. The molecule has 1 amide bonds. The van der Waals surface area contributed by atoms with E-state index in [9.17, 15) is 13.6 Å². The van der Waals surface area contributed by atoms with Crippen LogP contribution in [0, 0.1) is 11.8 Å². The molecular weight excluding hydrogens is 524 g/mol. The van der Waals surface area contributed by atoms with Crippen LogP contribution >= 0.6 is 11.8 Å². The number of amides is 1. The molecule has 2 aromatic heterocycles. The van der Waals surface area contributed by atoms with Gasteiger partial charge < -0.3 is 30.3 Å². The fourth-order valence-corrected chi connectivity index (χ4v) is 5.70. The molecule has 39 heavy (non-hydrogen) atoms. The van der Waals surface area contributed by atoms with Gasteiger partial charge in [-0.15, -0.1) is 0 Å². The summed E-state index contributed by atoms with van der Waals surface area (Å²) in [6.07, 6.45) is -0.315. The molecule has 8 nitrogen and oxygen atoms in total. The van der Waals surface area contributed by atoms with Crippen molar-refractivity contribution in [2.24, 2.45) is 0 Å². The highest BCUT2D eigenvalue weighted by atomic mass is 32.2. The van der Waals surface area contributed by atoms with Crippen molar-refractivity contribution in [3.8, 4) is 23.5 Å². The van der Waals surface area contributed by atoms with Gasteiger partial charge in [0.05, 0.1) is 42.2 Å². The summed E-state index contributed by atoms with van der Waals surface area (Å²) in [5.41, 5.74) is 2.11. The Bertz CT molecular complexity index is 1440. The van der Waals surface area contributed by atoms with Crippen molar-refractivity contribution in [2.45, 2.75) is 29.2 Å². The third-order valence-electron chi connectivity index (χ3n) is 6.81. The van der Waals surface area contributed by atoms with E-state index in [1.54, 1.807) is 31.3 Å². The molecule has 5 rings (SSSR count). The number of benzene rings is 1. The number of halogens is 2. The molecule has 2 aliphatic rings. The molecule has 0 spiro atoms. The van der Waals surface area contributed by atoms with Crippen LogP contribution in [-0.4, -0.2) is 80.4 Å². The highest BCUT2D eigenvalue weighted by molar-refractivity contribution is 7.99. The Morgan fingerprint density at radius 2 is 2.05 bits per heavy atom. The predicted octanol–water partition coefficient (Wildman–Crippen LogP) is 4.01. The van der Waals surface area contributed by atoms with Gasteiger partial charge in [0, 0.05) is 31.8 Å². The highest BCUT2D eigenvalue weighted by Crippen LogP contribution is 2.39. The van der Waals surface area contributed by atoms with Crippen LogP contribution in [0.15, 0.2) is 41.4 Å². The number of pyridine rings is 1. The quantitative estimate of drug-likeness (QED) is 0.397. The van der Waals surface area contributed by atoms with Gasteiger partial charge in [0.1, 0.15) is 23.6 Å². The second-order valence-corrected chi connectivity index (χ2v) is 10.6. The SMILES string of the molecule is CNC(=O)c1ccc(NCC#Cc2cc3c(N[C@@H]4CCN(C)C[C@@H]4F)ccc4n3c2S[C@@H](F)CO4)c(OC)c1. The Hall–Kier alpha value is -3.62. The van der Waals surface area contributed by atoms with Crippen LogP contribution in [0.5, 0.6) is 11.6 Å². The molecule has 2 aliphatic heterocycles. The van der Waals surface area contributed by atoms with Crippen molar-refractivity contribution < 1.29 is 23.0 Å². The molecule has 4 heterocycles. The van der Waals surface area contributed by atoms with Crippen molar-refractivity contribution >= 4 is 34.6 Å². The molecule has 0 bridgehead atoms. The normalized spacial score (nSPS) is 20.8. The maximum atomic E-state index is 14.8. The fourth-order valence-electron chi connectivity index (χ4n) is 4.79. The van der Waals surface area contributed by atoms with Crippen LogP contribution in [-0.2, 0) is 0 Å². The minimum atomic E-state index is -1.25. The number of rotatable bonds is 6. The van der Waals surface area contributed by atoms with Crippen molar-refractivity contribution in [3.63, 3.8) is 0 Å². The van der Waals surface area contributed by atoms with E-state index in [1.807, 2.05) is 28.5 Å². The van der Waals surface area contributed by atoms with Gasteiger partial charge in [0.15, 0.2) is 11.4 Å². The van der Waals surface area contributed by atoms with E-state index < -0.39 is 11.7 Å². The van der Waals surface area contributed by atoms with Crippen LogP contribution < -0.4 is 25.4 Å². The lowest BCUT2D eigenvalue weighted by Crippen LogP contribution is -2.46. The topological polar surface area (TPSA) is 79.3 Å². The number of nitrogens with zero attached hydrogens (tertiary/aromatic N) is 2. The zero-order chi connectivity index (χ0) is 27.5. The molecule has 3 atom stereocenters. The van der Waals surface area contributed by atoms with Crippen molar-refractivity contribution in [2.75, 3.05) is 58.1 Å². The van der Waals surface area contributed by atoms with Crippen molar-refractivity contribution in [1.82, 2.24) is 14.6 Å². The van der Waals surface area contributed by atoms with Crippen LogP contribution in [0.25, 0.3) is 5.52 Å². The van der Waals surface area contributed by atoms with Crippen molar-refractivity contribution in [3.05, 3.63) is 47.5 Å². The van der Waals surface area contributed by atoms with E-state index in [2.05, 4.69) is 27.8 Å². The second-order valence-electron chi connectivity index (χ2n) is 9.48. The minimum Gasteiger partial charge on any atom is -0.495 e. The standard InChI is InChI=1S/C28H31F2N5O3S/c1-31-27(36)17-6-7-22(24(14-17)37-3)32-11-4-5-18-13-23-21(33-20-10-12-34(2)15-19(20)29)8-9-26-35(23)28(18)39-25(30)16-38-26/h6-9,13-14,19-20,25,32-33H,10-12,15-16H2,1-3H3,(H,31,36)/t19-,20+,25+/m0/s1. The summed E-state index contributed by atoms with van der Waals surface area (Å²) in [7, 11) is 5.02. The Morgan fingerprint density at radius 1 is 1.23 bits per heavy atom. The van der Waals surface area contributed by atoms with Crippen LogP contribution in [0.1, 0.15) is 22.3 Å². The van der Waals surface area contributed by atoms with Gasteiger partial charge in [0.2, 0.25) is 0 Å². The summed E-state index contributed by atoms with van der Waals surface area (Å²) >= 11 is 1.06. The van der Waals surface area contributed by atoms with Gasteiger partial charge >= 0.3 is 0 Å². The van der Waals surface area contributed by atoms with E-state index >= 15 is 0 Å². The molecule has 3 aromatic rings. The number of likely N-dealkylation sites (tertiary alicyclic amines) is 1. The summed E-state index contributed by atoms with van der Waals surface area (Å²) in [6.45, 7) is 1.41. The first-order chi connectivity index (χ1) is 18.9. The molecular formula is C28H31F2N5O3S. The van der Waals surface area contributed by atoms with Gasteiger partial charge in [-0.05, 0) is 43.8 Å². The fraction of sp³-hybridized carbons (Fsp3) is 0.393. The zero-order valence-electron chi connectivity index (χ0n) is 22.0. The number of aromatic nitrogens is 1. The molecule has 1 aromatic carbocycles. The maximum Gasteiger partial charge on any atom is 0.251 e. The first-order valence-electron chi connectivity index (χ1n) is 12.7. The molecule has 0 unspecified atom stereocenters. The number of anilines is 2. The number of hydrogen-bond donors (Lipinski definition) is 3. The molecule has 0 radical (unpaired) electrons. The van der Waals surface area contributed by atoms with Gasteiger partial charge in [0.25, 0.3) is 5.91 Å². The van der Waals surface area contributed by atoms with E-state index in [1.165, 1.54) is 7.11 Å². The number of alkyl halides is 2. The summed E-state index contributed by atoms with van der Waals surface area (Å²) in [6, 6.07) is 10.3. The number of thioether (sulfide) groups is 1. The van der Waals surface area contributed by atoms with Gasteiger partial charge in [-0.25, -0.2) is 8.78 Å². The highest BCUT2D eigenvalue weighted by Gasteiger charge is 2.29. The minimum absolute atomic E-state index is 0.0734. The zero-order valence-corrected chi connectivity index (χ0v) is 22.8. The van der Waals surface area contributed by atoms with Gasteiger partial charge in [-0.1, -0.05) is 23.6 Å². The molecule has 3 N–H and O–H groups in total. The molecule has 1 saturated heterocycles. The van der Waals surface area contributed by atoms with E-state index in [-0.39, 0.29) is 18.6 Å². The Kier molecular flexibility index (Phi) is 8.04. The maximum absolute atomic E-state index is 14.8. The average molecular weight is 556 g/mol. The Balaban J connectivity index is 1.41. The van der Waals surface area contributed by atoms with Crippen LogP contribution in [0.2, 0.25) is 0 Å². The number of hydrogen-bond acceptors (Lipinski definition) is 7. The molecule has 1 fully saturated rings. The number of methoxy groups -OCH3 is 1. The third-order valence-corrected chi connectivity index (χ3v) is 7.83. The molecule has 0 aliphatic carbocycles. The van der Waals surface area contributed by atoms with E-state index in [4.69, 9.17) is 9.47 Å². The smallest absolute Gasteiger partial charge is 0.251 e. The first kappa shape index (κ1) is 27.0. The molecule has 206 valence electrons. The van der Waals surface area contributed by atoms with E-state index in [0.717, 1.165) is 29.5 Å². The summed E-state index contributed by atoms with van der Waals surface area (Å²) in [4.78, 5) is 13.9. The lowest BCUT2D eigenvalue weighted by Gasteiger charge is -2.33. The lowest BCUT2D eigenvalue weighted by atomic mass is 10.0. The molecule has 11 heteroatoms. The predicted molar refractivity (Wildman–Crippen MR) is 150 cm³/mol. The first-order valence-corrected chi connectivity index (χ1v) is 13.6. The monoisotopic (exact) mass is 555 g/mol. The van der Waals surface area contributed by atoms with Gasteiger partial charge in [-0.2, -0.15) is 0 Å². The third kappa shape index (κ3) is 5.72. The summed E-state index contributed by atoms with van der Waals surface area (Å²) < 4.78 is 42.4. The second kappa shape index (κ2) is 11.6. The van der Waals surface area contributed by atoms with Crippen molar-refractivity contribution in [1.29, 1.82) is 0 Å². The number of piperidine rings is 1. The van der Waals surface area contributed by atoms with Gasteiger partial charge in [-0.3, -0.25) is 9.20 Å². The average Bonchev–Trinajstić information content (AvgIpc) is 3.20. The summed E-state index contributed by atoms with van der Waals surface area (Å²) in [5.74, 6) is 7.11. The Morgan fingerprint density at radius 3 is 2.82 bits per heavy atom.